The second-order valence-electron chi connectivity index (χ2n) is 9.51. The summed E-state index contributed by atoms with van der Waals surface area (Å²) in [5.74, 6) is -2.51. The zero-order chi connectivity index (χ0) is 28.6. The van der Waals surface area contributed by atoms with Crippen molar-refractivity contribution in [3.8, 4) is 5.75 Å². The van der Waals surface area contributed by atoms with Crippen molar-refractivity contribution in [2.45, 2.75) is 44.3 Å². The lowest BCUT2D eigenvalue weighted by atomic mass is 9.99. The molecule has 0 bridgehead atoms. The van der Waals surface area contributed by atoms with Crippen LogP contribution >= 0.6 is 0 Å². The Labute approximate surface area is 234 Å². The third kappa shape index (κ3) is 9.86. The van der Waals surface area contributed by atoms with Crippen molar-refractivity contribution in [2.24, 2.45) is 0 Å². The summed E-state index contributed by atoms with van der Waals surface area (Å²) in [6, 6.07) is 20.9. The smallest absolute Gasteiger partial charge is 0.296 e. The Morgan fingerprint density at radius 3 is 2.38 bits per heavy atom. The summed E-state index contributed by atoms with van der Waals surface area (Å²) in [7, 11) is 0. The predicted octanol–water partition coefficient (Wildman–Crippen LogP) is 6.05. The molecule has 1 atom stereocenters. The summed E-state index contributed by atoms with van der Waals surface area (Å²) in [4.78, 5) is 10.9. The standard InChI is InChI=1S/C32H38F2N2O4/c33-32(34,26-14-7-4-8-15-26)24-39-21-10-2-1-9-19-36-22-29(38)27-17-18-30(31(35)28(27)16-11-20-37)40-23-25-12-5-3-6-13-25/h3-8,11-18,20,29,36,38H,1-2,9-10,19,21-24,35H2/b16-11-. The van der Waals surface area contributed by atoms with Crippen molar-refractivity contribution in [1.82, 2.24) is 5.32 Å². The number of carbonyl (C=O) groups excluding carboxylic acids is 1. The highest BCUT2D eigenvalue weighted by atomic mass is 19.3. The van der Waals surface area contributed by atoms with Gasteiger partial charge in [0.2, 0.25) is 0 Å². The Morgan fingerprint density at radius 2 is 1.65 bits per heavy atom. The van der Waals surface area contributed by atoms with Crippen LogP contribution in [0.1, 0.15) is 54.0 Å². The normalized spacial score (nSPS) is 12.5. The van der Waals surface area contributed by atoms with Gasteiger partial charge in [0.25, 0.3) is 5.92 Å². The zero-order valence-corrected chi connectivity index (χ0v) is 22.6. The molecule has 0 aliphatic carbocycles. The summed E-state index contributed by atoms with van der Waals surface area (Å²) in [6.07, 6.45) is 6.09. The van der Waals surface area contributed by atoms with Crippen molar-refractivity contribution in [3.63, 3.8) is 0 Å². The number of halogens is 2. The van der Waals surface area contributed by atoms with Crippen LogP contribution < -0.4 is 15.8 Å². The molecular formula is C32H38F2N2O4. The van der Waals surface area contributed by atoms with E-state index < -0.39 is 18.6 Å². The van der Waals surface area contributed by atoms with Crippen LogP contribution in [0.3, 0.4) is 0 Å². The highest BCUT2D eigenvalue weighted by molar-refractivity contribution is 5.81. The summed E-state index contributed by atoms with van der Waals surface area (Å²) in [6.45, 7) is 1.02. The number of carbonyl (C=O) groups is 1. The number of nitrogen functional groups attached to an aromatic ring is 1. The minimum absolute atomic E-state index is 0.0369. The molecule has 1 unspecified atom stereocenters. The summed E-state index contributed by atoms with van der Waals surface area (Å²) < 4.78 is 39.3. The molecule has 0 aliphatic rings. The van der Waals surface area contributed by atoms with Gasteiger partial charge in [0.15, 0.2) is 0 Å². The summed E-state index contributed by atoms with van der Waals surface area (Å²) >= 11 is 0. The highest BCUT2D eigenvalue weighted by Crippen LogP contribution is 2.33. The number of aliphatic hydroxyl groups excluding tert-OH is 1. The van der Waals surface area contributed by atoms with Crippen LogP contribution in [0.5, 0.6) is 5.75 Å². The van der Waals surface area contributed by atoms with Gasteiger partial charge in [-0.3, -0.25) is 4.79 Å². The third-order valence-electron chi connectivity index (χ3n) is 6.43. The van der Waals surface area contributed by atoms with E-state index in [1.165, 1.54) is 18.2 Å². The number of ether oxygens (including phenoxy) is 2. The van der Waals surface area contributed by atoms with Gasteiger partial charge in [0.05, 0.1) is 11.8 Å². The maximum Gasteiger partial charge on any atom is 0.296 e. The van der Waals surface area contributed by atoms with Crippen molar-refractivity contribution in [3.05, 3.63) is 101 Å². The lowest BCUT2D eigenvalue weighted by molar-refractivity contribution is -0.104. The van der Waals surface area contributed by atoms with Crippen molar-refractivity contribution in [2.75, 3.05) is 32.0 Å². The van der Waals surface area contributed by atoms with Gasteiger partial charge < -0.3 is 25.6 Å². The lowest BCUT2D eigenvalue weighted by Crippen LogP contribution is -2.23. The Balaban J connectivity index is 1.37. The first-order chi connectivity index (χ1) is 19.4. The van der Waals surface area contributed by atoms with E-state index in [0.717, 1.165) is 24.8 Å². The van der Waals surface area contributed by atoms with Crippen molar-refractivity contribution in [1.29, 1.82) is 0 Å². The average molecular weight is 553 g/mol. The number of hydrogen-bond donors (Lipinski definition) is 3. The Hall–Kier alpha value is -3.59. The second kappa shape index (κ2) is 16.5. The first-order valence-electron chi connectivity index (χ1n) is 13.5. The number of benzene rings is 3. The van der Waals surface area contributed by atoms with Gasteiger partial charge in [0, 0.05) is 24.3 Å². The molecule has 0 saturated heterocycles. The topological polar surface area (TPSA) is 93.8 Å². The highest BCUT2D eigenvalue weighted by Gasteiger charge is 2.31. The van der Waals surface area contributed by atoms with Gasteiger partial charge in [-0.15, -0.1) is 0 Å². The van der Waals surface area contributed by atoms with Crippen molar-refractivity contribution >= 4 is 18.0 Å². The molecule has 3 aromatic carbocycles. The molecule has 0 aromatic heterocycles. The molecule has 3 rings (SSSR count). The van der Waals surface area contributed by atoms with E-state index in [9.17, 15) is 18.7 Å². The molecule has 0 saturated carbocycles. The van der Waals surface area contributed by atoms with E-state index in [4.69, 9.17) is 15.2 Å². The van der Waals surface area contributed by atoms with Crippen LogP contribution in [0.25, 0.3) is 6.08 Å². The van der Waals surface area contributed by atoms with Crippen molar-refractivity contribution < 1.29 is 28.2 Å². The Kier molecular flexibility index (Phi) is 12.8. The maximum atomic E-state index is 14.1. The lowest BCUT2D eigenvalue weighted by Gasteiger charge is -2.19. The molecular weight excluding hydrogens is 514 g/mol. The van der Waals surface area contributed by atoms with Crippen LogP contribution in [0.4, 0.5) is 14.5 Å². The minimum atomic E-state index is -2.99. The molecule has 0 heterocycles. The first-order valence-corrected chi connectivity index (χ1v) is 13.5. The average Bonchev–Trinajstić information content (AvgIpc) is 2.97. The maximum absolute atomic E-state index is 14.1. The fourth-order valence-electron chi connectivity index (χ4n) is 4.23. The number of allylic oxidation sites excluding steroid dienone is 1. The summed E-state index contributed by atoms with van der Waals surface area (Å²) in [5.41, 5.74) is 8.81. The van der Waals surface area contributed by atoms with Crippen LogP contribution in [0.15, 0.2) is 78.9 Å². The number of nitrogens with two attached hydrogens (primary N) is 1. The number of nitrogens with one attached hydrogen (secondary N) is 1. The fourth-order valence-corrected chi connectivity index (χ4v) is 4.23. The number of alkyl halides is 2. The SMILES string of the molecule is Nc1c(OCc2ccccc2)ccc(C(O)CNCCCCCCOCC(F)(F)c2ccccc2)c1/C=C\C=O. The van der Waals surface area contributed by atoms with Gasteiger partial charge in [-0.1, -0.05) is 79.6 Å². The third-order valence-corrected chi connectivity index (χ3v) is 6.43. The number of hydrogen-bond acceptors (Lipinski definition) is 6. The van der Waals surface area contributed by atoms with E-state index in [2.05, 4.69) is 5.32 Å². The number of rotatable bonds is 18. The zero-order valence-electron chi connectivity index (χ0n) is 22.6. The van der Waals surface area contributed by atoms with E-state index in [1.54, 1.807) is 36.4 Å². The van der Waals surface area contributed by atoms with Gasteiger partial charge in [0.1, 0.15) is 25.2 Å². The molecule has 40 heavy (non-hydrogen) atoms. The molecule has 8 heteroatoms. The number of anilines is 1. The second-order valence-corrected chi connectivity index (χ2v) is 9.51. The molecule has 0 fully saturated rings. The fraction of sp³-hybridized carbons (Fsp3) is 0.344. The summed E-state index contributed by atoms with van der Waals surface area (Å²) in [5, 5.41) is 14.1. The van der Waals surface area contributed by atoms with E-state index in [1.807, 2.05) is 30.3 Å². The quantitative estimate of drug-likeness (QED) is 0.0770. The van der Waals surface area contributed by atoms with Crippen LogP contribution in [0.2, 0.25) is 0 Å². The Morgan fingerprint density at radius 1 is 0.950 bits per heavy atom. The molecule has 4 N–H and O–H groups in total. The first kappa shape index (κ1) is 30.9. The van der Waals surface area contributed by atoms with Crippen LogP contribution in [-0.2, 0) is 22.1 Å². The van der Waals surface area contributed by atoms with Gasteiger partial charge in [-0.05, 0) is 48.7 Å². The molecule has 0 amide bonds. The van der Waals surface area contributed by atoms with Gasteiger partial charge in [-0.25, -0.2) is 0 Å². The monoisotopic (exact) mass is 552 g/mol. The van der Waals surface area contributed by atoms with Gasteiger partial charge >= 0.3 is 0 Å². The largest absolute Gasteiger partial charge is 0.487 e. The van der Waals surface area contributed by atoms with E-state index >= 15 is 0 Å². The molecule has 6 nitrogen and oxygen atoms in total. The van der Waals surface area contributed by atoms with Crippen LogP contribution in [0, 0.1) is 0 Å². The van der Waals surface area contributed by atoms with E-state index in [0.29, 0.717) is 55.0 Å². The predicted molar refractivity (Wildman–Crippen MR) is 154 cm³/mol. The molecule has 0 aliphatic heterocycles. The molecule has 0 spiro atoms. The van der Waals surface area contributed by atoms with E-state index in [-0.39, 0.29) is 12.2 Å². The molecule has 3 aromatic rings. The van der Waals surface area contributed by atoms with Crippen LogP contribution in [-0.4, -0.2) is 37.7 Å². The number of aldehydes is 1. The number of unbranched alkanes of at least 4 members (excludes halogenated alkanes) is 3. The van der Waals surface area contributed by atoms with Gasteiger partial charge in [-0.2, -0.15) is 8.78 Å². The number of aliphatic hydroxyl groups is 1. The Bertz CT molecular complexity index is 1190. The molecule has 214 valence electrons. The minimum Gasteiger partial charge on any atom is -0.487 e. The molecule has 0 radical (unpaired) electrons.